The van der Waals surface area contributed by atoms with Crippen LogP contribution in [0.2, 0.25) is 0 Å². The number of hydrogen-bond acceptors (Lipinski definition) is 4. The van der Waals surface area contributed by atoms with Gasteiger partial charge in [-0.3, -0.25) is 0 Å². The van der Waals surface area contributed by atoms with E-state index >= 15 is 0 Å². The SMILES string of the molecule is CCC1CN(CCC2OCCCO2)CCN1C. The van der Waals surface area contributed by atoms with Gasteiger partial charge >= 0.3 is 0 Å². The highest BCUT2D eigenvalue weighted by molar-refractivity contribution is 4.79. The van der Waals surface area contributed by atoms with E-state index in [-0.39, 0.29) is 6.29 Å². The summed E-state index contributed by atoms with van der Waals surface area (Å²) in [5, 5.41) is 0. The van der Waals surface area contributed by atoms with Gasteiger partial charge in [0.05, 0.1) is 13.2 Å². The van der Waals surface area contributed by atoms with Crippen molar-refractivity contribution in [1.29, 1.82) is 0 Å². The number of ether oxygens (including phenoxy) is 2. The van der Waals surface area contributed by atoms with Crippen molar-refractivity contribution in [3.05, 3.63) is 0 Å². The molecule has 0 aliphatic carbocycles. The van der Waals surface area contributed by atoms with Gasteiger partial charge < -0.3 is 19.3 Å². The molecule has 4 heteroatoms. The molecule has 2 saturated heterocycles. The maximum Gasteiger partial charge on any atom is 0.158 e. The number of likely N-dealkylation sites (N-methyl/N-ethyl adjacent to an activating group) is 1. The lowest BCUT2D eigenvalue weighted by atomic mass is 10.1. The number of nitrogens with zero attached hydrogens (tertiary/aromatic N) is 2. The molecule has 0 spiro atoms. The van der Waals surface area contributed by atoms with E-state index in [2.05, 4.69) is 23.8 Å². The normalized spacial score (nSPS) is 29.6. The molecule has 2 heterocycles. The van der Waals surface area contributed by atoms with Crippen LogP contribution in [0, 0.1) is 0 Å². The second-order valence-corrected chi connectivity index (χ2v) is 5.16. The third-order valence-corrected chi connectivity index (χ3v) is 3.91. The van der Waals surface area contributed by atoms with Gasteiger partial charge in [-0.1, -0.05) is 6.92 Å². The van der Waals surface area contributed by atoms with E-state index in [1.54, 1.807) is 0 Å². The monoisotopic (exact) mass is 242 g/mol. The maximum atomic E-state index is 5.58. The van der Waals surface area contributed by atoms with Gasteiger partial charge in [0.15, 0.2) is 6.29 Å². The Bertz CT molecular complexity index is 219. The molecule has 0 aromatic carbocycles. The second-order valence-electron chi connectivity index (χ2n) is 5.16. The zero-order chi connectivity index (χ0) is 12.1. The Morgan fingerprint density at radius 2 is 1.94 bits per heavy atom. The lowest BCUT2D eigenvalue weighted by molar-refractivity contribution is -0.183. The van der Waals surface area contributed by atoms with Crippen LogP contribution in [0.25, 0.3) is 0 Å². The molecule has 0 aromatic rings. The van der Waals surface area contributed by atoms with Crippen LogP contribution in [-0.2, 0) is 9.47 Å². The Labute approximate surface area is 105 Å². The average molecular weight is 242 g/mol. The highest BCUT2D eigenvalue weighted by Gasteiger charge is 2.23. The van der Waals surface area contributed by atoms with Crippen LogP contribution in [-0.4, -0.2) is 68.6 Å². The van der Waals surface area contributed by atoms with Crippen LogP contribution in [0.15, 0.2) is 0 Å². The third-order valence-electron chi connectivity index (χ3n) is 3.91. The molecule has 1 atom stereocenters. The van der Waals surface area contributed by atoms with Gasteiger partial charge in [-0.05, 0) is 19.9 Å². The van der Waals surface area contributed by atoms with Crippen molar-refractivity contribution in [3.8, 4) is 0 Å². The molecule has 0 radical (unpaired) electrons. The van der Waals surface area contributed by atoms with Crippen LogP contribution < -0.4 is 0 Å². The van der Waals surface area contributed by atoms with Crippen molar-refractivity contribution in [2.45, 2.75) is 38.5 Å². The van der Waals surface area contributed by atoms with Crippen molar-refractivity contribution in [1.82, 2.24) is 9.80 Å². The largest absolute Gasteiger partial charge is 0.353 e. The Hall–Kier alpha value is -0.160. The number of piperazine rings is 1. The minimum absolute atomic E-state index is 0.0449. The van der Waals surface area contributed by atoms with Gasteiger partial charge in [0, 0.05) is 38.6 Å². The lowest BCUT2D eigenvalue weighted by Gasteiger charge is -2.39. The molecular weight excluding hydrogens is 216 g/mol. The minimum atomic E-state index is 0.0449. The van der Waals surface area contributed by atoms with E-state index in [1.165, 1.54) is 26.1 Å². The zero-order valence-electron chi connectivity index (χ0n) is 11.2. The average Bonchev–Trinajstić information content (AvgIpc) is 2.39. The Morgan fingerprint density at radius 3 is 2.65 bits per heavy atom. The molecule has 0 amide bonds. The molecule has 2 fully saturated rings. The molecular formula is C13H26N2O2. The van der Waals surface area contributed by atoms with Gasteiger partial charge in [0.2, 0.25) is 0 Å². The molecule has 0 N–H and O–H groups in total. The van der Waals surface area contributed by atoms with Gasteiger partial charge in [0.1, 0.15) is 0 Å². The molecule has 4 nitrogen and oxygen atoms in total. The van der Waals surface area contributed by atoms with E-state index in [4.69, 9.17) is 9.47 Å². The predicted molar refractivity (Wildman–Crippen MR) is 68.1 cm³/mol. The fourth-order valence-corrected chi connectivity index (χ4v) is 2.65. The molecule has 2 aliphatic heterocycles. The molecule has 1 unspecified atom stereocenters. The van der Waals surface area contributed by atoms with Crippen molar-refractivity contribution in [2.24, 2.45) is 0 Å². The van der Waals surface area contributed by atoms with E-state index in [1.807, 2.05) is 0 Å². The van der Waals surface area contributed by atoms with Crippen LogP contribution >= 0.6 is 0 Å². The predicted octanol–water partition coefficient (Wildman–Crippen LogP) is 1.17. The summed E-state index contributed by atoms with van der Waals surface area (Å²) in [7, 11) is 2.23. The lowest BCUT2D eigenvalue weighted by Crippen LogP contribution is -2.51. The van der Waals surface area contributed by atoms with E-state index in [9.17, 15) is 0 Å². The highest BCUT2D eigenvalue weighted by atomic mass is 16.7. The number of hydrogen-bond donors (Lipinski definition) is 0. The zero-order valence-corrected chi connectivity index (χ0v) is 11.2. The molecule has 2 aliphatic rings. The Kier molecular flexibility index (Phi) is 5.22. The summed E-state index contributed by atoms with van der Waals surface area (Å²) >= 11 is 0. The van der Waals surface area contributed by atoms with Crippen LogP contribution in [0.1, 0.15) is 26.2 Å². The first kappa shape index (κ1) is 13.3. The van der Waals surface area contributed by atoms with Crippen molar-refractivity contribution in [3.63, 3.8) is 0 Å². The van der Waals surface area contributed by atoms with E-state index < -0.39 is 0 Å². The first-order valence-corrected chi connectivity index (χ1v) is 6.95. The molecule has 17 heavy (non-hydrogen) atoms. The molecule has 0 bridgehead atoms. The summed E-state index contributed by atoms with van der Waals surface area (Å²) in [6.07, 6.45) is 3.34. The van der Waals surface area contributed by atoms with Crippen molar-refractivity contribution >= 4 is 0 Å². The summed E-state index contributed by atoms with van der Waals surface area (Å²) < 4.78 is 11.2. The van der Waals surface area contributed by atoms with Crippen molar-refractivity contribution < 1.29 is 9.47 Å². The summed E-state index contributed by atoms with van der Waals surface area (Å²) in [5.74, 6) is 0. The van der Waals surface area contributed by atoms with Gasteiger partial charge in [-0.2, -0.15) is 0 Å². The molecule has 0 aromatic heterocycles. The molecule has 0 saturated carbocycles. The molecule has 2 rings (SSSR count). The third kappa shape index (κ3) is 3.91. The fraction of sp³-hybridized carbons (Fsp3) is 1.00. The van der Waals surface area contributed by atoms with E-state index in [0.29, 0.717) is 0 Å². The fourth-order valence-electron chi connectivity index (χ4n) is 2.65. The summed E-state index contributed by atoms with van der Waals surface area (Å²) in [5.41, 5.74) is 0. The van der Waals surface area contributed by atoms with Gasteiger partial charge in [-0.15, -0.1) is 0 Å². The summed E-state index contributed by atoms with van der Waals surface area (Å²) in [6, 6.07) is 0.719. The van der Waals surface area contributed by atoms with Crippen LogP contribution in [0.5, 0.6) is 0 Å². The topological polar surface area (TPSA) is 24.9 Å². The van der Waals surface area contributed by atoms with E-state index in [0.717, 1.165) is 38.6 Å². The Morgan fingerprint density at radius 1 is 1.18 bits per heavy atom. The Balaban J connectivity index is 1.68. The smallest absolute Gasteiger partial charge is 0.158 e. The van der Waals surface area contributed by atoms with Crippen molar-refractivity contribution in [2.75, 3.05) is 46.4 Å². The van der Waals surface area contributed by atoms with Crippen LogP contribution in [0.3, 0.4) is 0 Å². The first-order valence-electron chi connectivity index (χ1n) is 6.95. The molecule has 100 valence electrons. The maximum absolute atomic E-state index is 5.58. The van der Waals surface area contributed by atoms with Gasteiger partial charge in [0.25, 0.3) is 0 Å². The summed E-state index contributed by atoms with van der Waals surface area (Å²) in [6.45, 7) is 8.67. The minimum Gasteiger partial charge on any atom is -0.353 e. The van der Waals surface area contributed by atoms with Crippen LogP contribution in [0.4, 0.5) is 0 Å². The standard InChI is InChI=1S/C13H26N2O2/c1-3-12-11-15(8-7-14(12)2)6-5-13-16-9-4-10-17-13/h12-13H,3-11H2,1-2H3. The first-order chi connectivity index (χ1) is 8.29. The van der Waals surface area contributed by atoms with Gasteiger partial charge in [-0.25, -0.2) is 0 Å². The summed E-state index contributed by atoms with van der Waals surface area (Å²) in [4.78, 5) is 5.03. The number of rotatable bonds is 4. The highest BCUT2D eigenvalue weighted by Crippen LogP contribution is 2.13. The quantitative estimate of drug-likeness (QED) is 0.739. The second kappa shape index (κ2) is 6.69.